The zero-order valence-corrected chi connectivity index (χ0v) is 16.6. The van der Waals surface area contributed by atoms with Crippen molar-refractivity contribution in [1.29, 1.82) is 0 Å². The van der Waals surface area contributed by atoms with Crippen LogP contribution in [-0.4, -0.2) is 50.2 Å². The summed E-state index contributed by atoms with van der Waals surface area (Å²) in [5.41, 5.74) is 4.09. The van der Waals surface area contributed by atoms with Gasteiger partial charge in [-0.25, -0.2) is 5.43 Å². The molecular formula is C22H25N3O4. The van der Waals surface area contributed by atoms with Gasteiger partial charge in [0.1, 0.15) is 11.5 Å². The molecule has 7 heteroatoms. The van der Waals surface area contributed by atoms with Gasteiger partial charge in [0, 0.05) is 24.6 Å². The molecule has 2 amide bonds. The first-order valence-corrected chi connectivity index (χ1v) is 9.51. The summed E-state index contributed by atoms with van der Waals surface area (Å²) in [6.45, 7) is 1.09. The topological polar surface area (TPSA) is 80.2 Å². The maximum absolute atomic E-state index is 12.6. The summed E-state index contributed by atoms with van der Waals surface area (Å²) in [5.74, 6) is 1.19. The molecule has 2 aromatic rings. The third-order valence-electron chi connectivity index (χ3n) is 4.99. The van der Waals surface area contributed by atoms with Crippen LogP contribution in [0.3, 0.4) is 0 Å². The van der Waals surface area contributed by atoms with Crippen molar-refractivity contribution in [2.24, 2.45) is 11.0 Å². The molecule has 1 heterocycles. The van der Waals surface area contributed by atoms with E-state index in [9.17, 15) is 9.59 Å². The highest BCUT2D eigenvalue weighted by molar-refractivity contribution is 5.94. The third kappa shape index (κ3) is 5.34. The number of hydrazone groups is 1. The Morgan fingerprint density at radius 1 is 0.966 bits per heavy atom. The van der Waals surface area contributed by atoms with Gasteiger partial charge in [0.15, 0.2) is 0 Å². The average Bonchev–Trinajstić information content (AvgIpc) is 2.79. The quantitative estimate of drug-likeness (QED) is 0.602. The zero-order valence-electron chi connectivity index (χ0n) is 16.6. The molecule has 1 N–H and O–H groups in total. The Morgan fingerprint density at radius 3 is 2.07 bits per heavy atom. The van der Waals surface area contributed by atoms with Gasteiger partial charge in [0.2, 0.25) is 5.91 Å². The maximum Gasteiger partial charge on any atom is 0.253 e. The normalized spacial score (nSPS) is 14.6. The summed E-state index contributed by atoms with van der Waals surface area (Å²) in [7, 11) is 3.20. The van der Waals surface area contributed by atoms with Gasteiger partial charge < -0.3 is 14.4 Å². The minimum Gasteiger partial charge on any atom is -0.497 e. The molecule has 0 unspecified atom stereocenters. The van der Waals surface area contributed by atoms with Crippen LogP contribution in [0, 0.1) is 5.92 Å². The Morgan fingerprint density at radius 2 is 1.52 bits per heavy atom. The molecule has 0 saturated carbocycles. The van der Waals surface area contributed by atoms with E-state index in [2.05, 4.69) is 10.5 Å². The maximum atomic E-state index is 12.6. The lowest BCUT2D eigenvalue weighted by molar-refractivity contribution is -0.126. The smallest absolute Gasteiger partial charge is 0.253 e. The molecule has 2 aromatic carbocycles. The van der Waals surface area contributed by atoms with Crippen molar-refractivity contribution in [2.45, 2.75) is 12.8 Å². The lowest BCUT2D eigenvalue weighted by Crippen LogP contribution is -2.42. The van der Waals surface area contributed by atoms with Crippen LogP contribution in [0.25, 0.3) is 0 Å². The Kier molecular flexibility index (Phi) is 6.84. The summed E-state index contributed by atoms with van der Waals surface area (Å²) < 4.78 is 10.2. The van der Waals surface area contributed by atoms with Crippen LogP contribution >= 0.6 is 0 Å². The van der Waals surface area contributed by atoms with Gasteiger partial charge >= 0.3 is 0 Å². The molecule has 0 aromatic heterocycles. The van der Waals surface area contributed by atoms with E-state index in [0.29, 0.717) is 37.2 Å². The van der Waals surface area contributed by atoms with E-state index >= 15 is 0 Å². The van der Waals surface area contributed by atoms with E-state index in [1.807, 2.05) is 24.3 Å². The summed E-state index contributed by atoms with van der Waals surface area (Å²) in [6.07, 6.45) is 2.83. The molecule has 0 atom stereocenters. The second-order valence-corrected chi connectivity index (χ2v) is 6.80. The van der Waals surface area contributed by atoms with E-state index < -0.39 is 0 Å². The number of likely N-dealkylation sites (tertiary alicyclic amines) is 1. The van der Waals surface area contributed by atoms with Crippen LogP contribution in [0.1, 0.15) is 28.8 Å². The number of carbonyl (C=O) groups is 2. The molecule has 1 aliphatic rings. The first-order chi connectivity index (χ1) is 14.1. The van der Waals surface area contributed by atoms with Crippen LogP contribution < -0.4 is 14.9 Å². The summed E-state index contributed by atoms with van der Waals surface area (Å²) in [5, 5.41) is 4.03. The molecule has 152 valence electrons. The fourth-order valence-electron chi connectivity index (χ4n) is 3.21. The van der Waals surface area contributed by atoms with Crippen molar-refractivity contribution in [3.63, 3.8) is 0 Å². The molecule has 1 aliphatic heterocycles. The Hall–Kier alpha value is -3.35. The van der Waals surface area contributed by atoms with Gasteiger partial charge in [-0.05, 0) is 66.9 Å². The molecule has 0 bridgehead atoms. The predicted octanol–water partition coefficient (Wildman–Crippen LogP) is 2.71. The van der Waals surface area contributed by atoms with Gasteiger partial charge in [0.05, 0.1) is 20.4 Å². The first-order valence-electron chi connectivity index (χ1n) is 9.51. The average molecular weight is 395 g/mol. The fraction of sp³-hybridized carbons (Fsp3) is 0.318. The van der Waals surface area contributed by atoms with E-state index in [0.717, 1.165) is 11.3 Å². The highest BCUT2D eigenvalue weighted by atomic mass is 16.5. The molecular weight excluding hydrogens is 370 g/mol. The van der Waals surface area contributed by atoms with Crippen molar-refractivity contribution in [3.8, 4) is 11.5 Å². The summed E-state index contributed by atoms with van der Waals surface area (Å²) in [4.78, 5) is 26.7. The second kappa shape index (κ2) is 9.73. The largest absolute Gasteiger partial charge is 0.497 e. The molecule has 7 nitrogen and oxygen atoms in total. The van der Waals surface area contributed by atoms with Crippen LogP contribution in [0.4, 0.5) is 0 Å². The number of nitrogens with one attached hydrogen (secondary N) is 1. The molecule has 0 spiro atoms. The van der Waals surface area contributed by atoms with E-state index in [-0.39, 0.29) is 17.7 Å². The van der Waals surface area contributed by atoms with Crippen LogP contribution in [0.2, 0.25) is 0 Å². The van der Waals surface area contributed by atoms with Gasteiger partial charge in [0.25, 0.3) is 5.91 Å². The van der Waals surface area contributed by atoms with E-state index in [4.69, 9.17) is 9.47 Å². The lowest BCUT2D eigenvalue weighted by Gasteiger charge is -2.31. The number of ether oxygens (including phenoxy) is 2. The van der Waals surface area contributed by atoms with Crippen LogP contribution in [-0.2, 0) is 4.79 Å². The SMILES string of the molecule is COc1ccc(/C=N\NC(=O)C2CCN(C(=O)c3ccc(OC)cc3)CC2)cc1. The van der Waals surface area contributed by atoms with Crippen LogP contribution in [0.15, 0.2) is 53.6 Å². The van der Waals surface area contributed by atoms with Gasteiger partial charge in [-0.2, -0.15) is 5.10 Å². The molecule has 1 saturated heterocycles. The minimum absolute atomic E-state index is 0.0240. The van der Waals surface area contributed by atoms with E-state index in [1.54, 1.807) is 49.6 Å². The molecule has 3 rings (SSSR count). The van der Waals surface area contributed by atoms with E-state index in [1.165, 1.54) is 0 Å². The number of methoxy groups -OCH3 is 2. The zero-order chi connectivity index (χ0) is 20.6. The standard InChI is InChI=1S/C22H25N3O4/c1-28-19-7-3-16(4-8-19)15-23-24-21(26)17-11-13-25(14-12-17)22(27)18-5-9-20(29-2)10-6-18/h3-10,15,17H,11-14H2,1-2H3,(H,24,26)/b23-15-. The van der Waals surface area contributed by atoms with Crippen molar-refractivity contribution in [1.82, 2.24) is 10.3 Å². The fourth-order valence-corrected chi connectivity index (χ4v) is 3.21. The number of rotatable bonds is 6. The van der Waals surface area contributed by atoms with Crippen molar-refractivity contribution in [3.05, 3.63) is 59.7 Å². The summed E-state index contributed by atoms with van der Waals surface area (Å²) >= 11 is 0. The molecule has 29 heavy (non-hydrogen) atoms. The predicted molar refractivity (Wildman–Crippen MR) is 110 cm³/mol. The summed E-state index contributed by atoms with van der Waals surface area (Å²) in [6, 6.07) is 14.4. The van der Waals surface area contributed by atoms with Gasteiger partial charge in [-0.15, -0.1) is 0 Å². The lowest BCUT2D eigenvalue weighted by atomic mass is 9.95. The number of benzene rings is 2. The highest BCUT2D eigenvalue weighted by Gasteiger charge is 2.27. The van der Waals surface area contributed by atoms with Gasteiger partial charge in [-0.3, -0.25) is 9.59 Å². The number of piperidine rings is 1. The number of hydrogen-bond donors (Lipinski definition) is 1. The van der Waals surface area contributed by atoms with Gasteiger partial charge in [-0.1, -0.05) is 0 Å². The number of hydrogen-bond acceptors (Lipinski definition) is 5. The molecule has 0 radical (unpaired) electrons. The number of carbonyl (C=O) groups excluding carboxylic acids is 2. The highest BCUT2D eigenvalue weighted by Crippen LogP contribution is 2.20. The first kappa shape index (κ1) is 20.4. The molecule has 0 aliphatic carbocycles. The Bertz CT molecular complexity index is 855. The monoisotopic (exact) mass is 395 g/mol. The Balaban J connectivity index is 1.47. The van der Waals surface area contributed by atoms with Crippen molar-refractivity contribution in [2.75, 3.05) is 27.3 Å². The third-order valence-corrected chi connectivity index (χ3v) is 4.99. The number of amides is 2. The Labute approximate surface area is 170 Å². The van der Waals surface area contributed by atoms with Crippen molar-refractivity contribution < 1.29 is 19.1 Å². The van der Waals surface area contributed by atoms with Crippen LogP contribution in [0.5, 0.6) is 11.5 Å². The minimum atomic E-state index is -0.150. The molecule has 1 fully saturated rings. The van der Waals surface area contributed by atoms with Crippen molar-refractivity contribution >= 4 is 18.0 Å². The number of nitrogens with zero attached hydrogens (tertiary/aromatic N) is 2. The second-order valence-electron chi connectivity index (χ2n) is 6.80.